The fourth-order valence-corrected chi connectivity index (χ4v) is 7.37. The molecule has 0 bridgehead atoms. The molecule has 0 radical (unpaired) electrons. The van der Waals surface area contributed by atoms with Crippen LogP contribution < -0.4 is 0 Å². The zero-order chi connectivity index (χ0) is 36.3. The molecule has 0 spiro atoms. The summed E-state index contributed by atoms with van der Waals surface area (Å²) in [7, 11) is 8.21. The van der Waals surface area contributed by atoms with Crippen molar-refractivity contribution in [3.05, 3.63) is 24.3 Å². The van der Waals surface area contributed by atoms with Crippen molar-refractivity contribution in [3.63, 3.8) is 0 Å². The first kappa shape index (κ1) is 47.3. The lowest BCUT2D eigenvalue weighted by molar-refractivity contribution is -0.295. The Morgan fingerprint density at radius 3 is 1.42 bits per heavy atom. The summed E-state index contributed by atoms with van der Waals surface area (Å²) in [5.74, 6) is 3.04. The number of likely N-dealkylation sites (N-methyl/N-ethyl adjacent to an activating group) is 2. The van der Waals surface area contributed by atoms with Gasteiger partial charge in [-0.1, -0.05) is 147 Å². The third-order valence-electron chi connectivity index (χ3n) is 10.6. The second-order valence-corrected chi connectivity index (χ2v) is 15.8. The highest BCUT2D eigenvalue weighted by Gasteiger charge is 2.33. The SMILES string of the molecule is CCCCCCC1C=C[C@@H](CCCCCCCCOOCCN(C)C)C(/C=C\CCCCCCCCOOCCN(C)C)C1CCCCCC. The van der Waals surface area contributed by atoms with E-state index >= 15 is 0 Å². The van der Waals surface area contributed by atoms with Crippen LogP contribution in [-0.2, 0) is 19.6 Å². The average molecular weight is 707 g/mol. The molecule has 0 aromatic heterocycles. The van der Waals surface area contributed by atoms with Gasteiger partial charge in [0.1, 0.15) is 0 Å². The van der Waals surface area contributed by atoms with Gasteiger partial charge in [-0.25, -0.2) is 19.6 Å². The van der Waals surface area contributed by atoms with Gasteiger partial charge in [0.25, 0.3) is 0 Å². The summed E-state index contributed by atoms with van der Waals surface area (Å²) in [6.45, 7) is 9.20. The van der Waals surface area contributed by atoms with Crippen molar-refractivity contribution in [2.75, 3.05) is 67.7 Å². The zero-order valence-electron chi connectivity index (χ0n) is 34.4. The molecule has 50 heavy (non-hydrogen) atoms. The Balaban J connectivity index is 2.53. The van der Waals surface area contributed by atoms with Crippen LogP contribution in [0.3, 0.4) is 0 Å². The molecule has 0 N–H and O–H groups in total. The molecule has 3 unspecified atom stereocenters. The fraction of sp³-hybridized carbons (Fsp3) is 0.909. The molecule has 6 nitrogen and oxygen atoms in total. The van der Waals surface area contributed by atoms with Gasteiger partial charge in [-0.15, -0.1) is 0 Å². The molecule has 1 aliphatic carbocycles. The highest BCUT2D eigenvalue weighted by Crippen LogP contribution is 2.43. The fourth-order valence-electron chi connectivity index (χ4n) is 7.37. The summed E-state index contributed by atoms with van der Waals surface area (Å²) in [5.41, 5.74) is 0. The largest absolute Gasteiger partial charge is 0.307 e. The molecule has 1 aliphatic rings. The van der Waals surface area contributed by atoms with Crippen molar-refractivity contribution in [2.24, 2.45) is 23.7 Å². The Bertz CT molecular complexity index is 758. The summed E-state index contributed by atoms with van der Waals surface area (Å²) in [4.78, 5) is 25.4. The Morgan fingerprint density at radius 1 is 0.460 bits per heavy atom. The lowest BCUT2D eigenvalue weighted by atomic mass is 9.66. The highest BCUT2D eigenvalue weighted by atomic mass is 17.2. The van der Waals surface area contributed by atoms with E-state index < -0.39 is 0 Å². The summed E-state index contributed by atoms with van der Waals surface area (Å²) in [6, 6.07) is 0. The number of hydrogen-bond acceptors (Lipinski definition) is 6. The van der Waals surface area contributed by atoms with Gasteiger partial charge in [0.2, 0.25) is 0 Å². The van der Waals surface area contributed by atoms with E-state index in [-0.39, 0.29) is 0 Å². The van der Waals surface area contributed by atoms with Crippen LogP contribution in [0.1, 0.15) is 168 Å². The number of allylic oxidation sites excluding steroid dienone is 4. The quantitative estimate of drug-likeness (QED) is 0.0277. The minimum absolute atomic E-state index is 0.642. The smallest absolute Gasteiger partial charge is 0.0949 e. The number of nitrogens with zero attached hydrogens (tertiary/aromatic N) is 2. The molecule has 0 aromatic carbocycles. The molecule has 0 saturated carbocycles. The summed E-state index contributed by atoms with van der Waals surface area (Å²) in [5, 5.41) is 0. The van der Waals surface area contributed by atoms with Gasteiger partial charge >= 0.3 is 0 Å². The number of hydrogen-bond donors (Lipinski definition) is 0. The van der Waals surface area contributed by atoms with E-state index in [0.717, 1.165) is 62.8 Å². The second kappa shape index (κ2) is 35.3. The molecule has 0 amide bonds. The lowest BCUT2D eigenvalue weighted by Gasteiger charge is -2.39. The first-order valence-corrected chi connectivity index (χ1v) is 21.6. The normalized spacial score (nSPS) is 19.5. The molecule has 296 valence electrons. The van der Waals surface area contributed by atoms with Gasteiger partial charge < -0.3 is 9.80 Å². The zero-order valence-corrected chi connectivity index (χ0v) is 34.4. The van der Waals surface area contributed by atoms with Crippen LogP contribution in [0, 0.1) is 23.7 Å². The van der Waals surface area contributed by atoms with E-state index in [1.54, 1.807) is 0 Å². The van der Waals surface area contributed by atoms with E-state index in [0.29, 0.717) is 13.2 Å². The monoisotopic (exact) mass is 707 g/mol. The molecule has 0 fully saturated rings. The van der Waals surface area contributed by atoms with Crippen molar-refractivity contribution < 1.29 is 19.6 Å². The van der Waals surface area contributed by atoms with Crippen LogP contribution in [0.25, 0.3) is 0 Å². The summed E-state index contributed by atoms with van der Waals surface area (Å²) in [6.07, 6.45) is 42.5. The van der Waals surface area contributed by atoms with Gasteiger partial charge in [-0.3, -0.25) is 0 Å². The van der Waals surface area contributed by atoms with Crippen LogP contribution in [0.15, 0.2) is 24.3 Å². The number of rotatable bonds is 37. The van der Waals surface area contributed by atoms with Crippen LogP contribution >= 0.6 is 0 Å². The Morgan fingerprint density at radius 2 is 0.880 bits per heavy atom. The second-order valence-electron chi connectivity index (χ2n) is 15.8. The summed E-state index contributed by atoms with van der Waals surface area (Å²) < 4.78 is 0. The Hall–Kier alpha value is -0.760. The van der Waals surface area contributed by atoms with Gasteiger partial charge in [0, 0.05) is 13.1 Å². The maximum Gasteiger partial charge on any atom is 0.0949 e. The van der Waals surface area contributed by atoms with Crippen LogP contribution in [0.4, 0.5) is 0 Å². The first-order chi connectivity index (χ1) is 24.5. The van der Waals surface area contributed by atoms with Crippen molar-refractivity contribution in [1.82, 2.24) is 9.80 Å². The van der Waals surface area contributed by atoms with Crippen molar-refractivity contribution in [1.29, 1.82) is 0 Å². The molecular formula is C44H86N2O4. The van der Waals surface area contributed by atoms with Gasteiger partial charge in [0.15, 0.2) is 0 Å². The van der Waals surface area contributed by atoms with E-state index in [2.05, 4.69) is 76.1 Å². The van der Waals surface area contributed by atoms with Crippen molar-refractivity contribution in [3.8, 4) is 0 Å². The minimum atomic E-state index is 0.642. The summed E-state index contributed by atoms with van der Waals surface area (Å²) >= 11 is 0. The molecule has 0 aromatic rings. The molecule has 0 heterocycles. The Labute approximate surface area is 312 Å². The van der Waals surface area contributed by atoms with Gasteiger partial charge in [-0.2, -0.15) is 0 Å². The lowest BCUT2D eigenvalue weighted by Crippen LogP contribution is -2.30. The van der Waals surface area contributed by atoms with Gasteiger partial charge in [-0.05, 0) is 96.8 Å². The average Bonchev–Trinajstić information content (AvgIpc) is 3.09. The van der Waals surface area contributed by atoms with Crippen LogP contribution in [0.5, 0.6) is 0 Å². The van der Waals surface area contributed by atoms with E-state index in [4.69, 9.17) is 19.6 Å². The molecule has 1 rings (SSSR count). The molecule has 6 heteroatoms. The molecular weight excluding hydrogens is 620 g/mol. The predicted octanol–water partition coefficient (Wildman–Crippen LogP) is 12.0. The van der Waals surface area contributed by atoms with E-state index in [1.807, 2.05) is 0 Å². The Kier molecular flexibility index (Phi) is 33.3. The van der Waals surface area contributed by atoms with Crippen LogP contribution in [-0.4, -0.2) is 77.5 Å². The topological polar surface area (TPSA) is 43.4 Å². The first-order valence-electron chi connectivity index (χ1n) is 21.6. The maximum atomic E-state index is 5.34. The highest BCUT2D eigenvalue weighted by molar-refractivity contribution is 5.10. The molecule has 0 aliphatic heterocycles. The van der Waals surface area contributed by atoms with Crippen molar-refractivity contribution >= 4 is 0 Å². The number of unbranched alkanes of at least 4 members (excludes halogenated alkanes) is 17. The van der Waals surface area contributed by atoms with Crippen LogP contribution in [0.2, 0.25) is 0 Å². The van der Waals surface area contributed by atoms with E-state index in [1.165, 1.54) is 141 Å². The third-order valence-corrected chi connectivity index (χ3v) is 10.6. The molecule has 0 saturated heterocycles. The minimum Gasteiger partial charge on any atom is -0.307 e. The third kappa shape index (κ3) is 27.8. The molecule has 4 atom stereocenters. The van der Waals surface area contributed by atoms with Gasteiger partial charge in [0.05, 0.1) is 26.4 Å². The maximum absolute atomic E-state index is 5.34. The predicted molar refractivity (Wildman–Crippen MR) is 215 cm³/mol. The van der Waals surface area contributed by atoms with E-state index in [9.17, 15) is 0 Å². The van der Waals surface area contributed by atoms with Crippen molar-refractivity contribution in [2.45, 2.75) is 168 Å². The standard InChI is InChI=1S/C44H86N2O4/c1-7-9-11-23-29-41-33-34-42(30-24-19-16-18-22-28-38-48-50-40-36-46(5)6)44(43(41)31-25-12-10-8-2)32-26-20-15-13-14-17-21-27-37-47-49-39-35-45(3)4/h26,32-34,41-44H,7-25,27-31,35-40H2,1-6H3/b32-26-/t41?,42-,43?,44?/m1/s1.